The first-order chi connectivity index (χ1) is 10.9. The molecule has 0 unspecified atom stereocenters. The van der Waals surface area contributed by atoms with Gasteiger partial charge in [0.2, 0.25) is 0 Å². The Kier molecular flexibility index (Phi) is 5.20. The lowest BCUT2D eigenvalue weighted by Crippen LogP contribution is -2.36. The van der Waals surface area contributed by atoms with Crippen molar-refractivity contribution in [1.29, 1.82) is 0 Å². The second-order valence-electron chi connectivity index (χ2n) is 5.07. The maximum absolute atomic E-state index is 12.5. The van der Waals surface area contributed by atoms with E-state index in [0.29, 0.717) is 12.1 Å². The molecule has 0 aliphatic rings. The van der Waals surface area contributed by atoms with Crippen molar-refractivity contribution in [1.82, 2.24) is 15.2 Å². The molecule has 0 atom stereocenters. The summed E-state index contributed by atoms with van der Waals surface area (Å²) in [4.78, 5) is 17.3. The number of pyridine rings is 1. The van der Waals surface area contributed by atoms with Gasteiger partial charge in [-0.25, -0.2) is 4.79 Å². The quantitative estimate of drug-likeness (QED) is 0.937. The van der Waals surface area contributed by atoms with E-state index in [-0.39, 0.29) is 12.6 Å². The number of urea groups is 1. The number of amides is 2. The average Bonchev–Trinajstić information content (AvgIpc) is 2.53. The van der Waals surface area contributed by atoms with Crippen LogP contribution in [0.4, 0.5) is 18.0 Å². The average molecular weight is 323 g/mol. The third kappa shape index (κ3) is 4.98. The van der Waals surface area contributed by atoms with Gasteiger partial charge in [-0.15, -0.1) is 0 Å². The van der Waals surface area contributed by atoms with Crippen molar-refractivity contribution >= 4 is 6.03 Å². The fraction of sp³-hybridized carbons (Fsp3) is 0.250. The molecule has 0 fully saturated rings. The third-order valence-corrected chi connectivity index (χ3v) is 3.21. The van der Waals surface area contributed by atoms with E-state index < -0.39 is 11.7 Å². The van der Waals surface area contributed by atoms with Gasteiger partial charge >= 0.3 is 12.2 Å². The van der Waals surface area contributed by atoms with Crippen LogP contribution in [0.1, 0.15) is 16.7 Å². The molecule has 1 N–H and O–H groups in total. The number of aromatic nitrogens is 1. The van der Waals surface area contributed by atoms with E-state index in [2.05, 4.69) is 10.3 Å². The van der Waals surface area contributed by atoms with Crippen LogP contribution in [0, 0.1) is 0 Å². The molecule has 2 rings (SSSR count). The van der Waals surface area contributed by atoms with Crippen LogP contribution in [0.2, 0.25) is 0 Å². The van der Waals surface area contributed by atoms with Crippen molar-refractivity contribution in [2.75, 3.05) is 7.05 Å². The Morgan fingerprint density at radius 1 is 1.17 bits per heavy atom. The van der Waals surface area contributed by atoms with Crippen LogP contribution in [0.15, 0.2) is 48.8 Å². The van der Waals surface area contributed by atoms with Gasteiger partial charge in [0, 0.05) is 32.5 Å². The van der Waals surface area contributed by atoms with Crippen molar-refractivity contribution in [2.24, 2.45) is 0 Å². The molecule has 1 heterocycles. The highest BCUT2D eigenvalue weighted by Gasteiger charge is 2.29. The highest BCUT2D eigenvalue weighted by Crippen LogP contribution is 2.29. The van der Waals surface area contributed by atoms with E-state index in [1.807, 2.05) is 6.07 Å². The Hall–Kier alpha value is -2.57. The Morgan fingerprint density at radius 3 is 2.43 bits per heavy atom. The zero-order valence-electron chi connectivity index (χ0n) is 12.5. The van der Waals surface area contributed by atoms with E-state index in [4.69, 9.17) is 0 Å². The monoisotopic (exact) mass is 323 g/mol. The van der Waals surface area contributed by atoms with Crippen molar-refractivity contribution in [3.8, 4) is 0 Å². The first kappa shape index (κ1) is 16.8. The molecule has 23 heavy (non-hydrogen) atoms. The van der Waals surface area contributed by atoms with E-state index in [9.17, 15) is 18.0 Å². The summed E-state index contributed by atoms with van der Waals surface area (Å²) in [6.07, 6.45) is -1.07. The molecule has 1 aromatic carbocycles. The number of benzene rings is 1. The Labute approximate surface area is 132 Å². The van der Waals surface area contributed by atoms with E-state index in [1.165, 1.54) is 17.0 Å². The Morgan fingerprint density at radius 2 is 1.87 bits per heavy atom. The van der Waals surface area contributed by atoms with Gasteiger partial charge in [0.05, 0.1) is 5.56 Å². The Bertz CT molecular complexity index is 642. The first-order valence-corrected chi connectivity index (χ1v) is 6.90. The summed E-state index contributed by atoms with van der Waals surface area (Å²) in [6, 6.07) is 8.06. The number of rotatable bonds is 4. The highest BCUT2D eigenvalue weighted by atomic mass is 19.4. The van der Waals surface area contributed by atoms with E-state index >= 15 is 0 Å². The number of halogens is 3. The molecule has 122 valence electrons. The molecule has 2 amide bonds. The molecule has 0 bridgehead atoms. The van der Waals surface area contributed by atoms with Gasteiger partial charge in [-0.2, -0.15) is 13.2 Å². The normalized spacial score (nSPS) is 11.1. The second kappa shape index (κ2) is 7.13. The molecule has 4 nitrogen and oxygen atoms in total. The first-order valence-electron chi connectivity index (χ1n) is 6.90. The van der Waals surface area contributed by atoms with Crippen molar-refractivity contribution in [3.63, 3.8) is 0 Å². The smallest absolute Gasteiger partial charge is 0.334 e. The van der Waals surface area contributed by atoms with Crippen molar-refractivity contribution in [2.45, 2.75) is 19.3 Å². The van der Waals surface area contributed by atoms with Crippen molar-refractivity contribution < 1.29 is 18.0 Å². The third-order valence-electron chi connectivity index (χ3n) is 3.21. The maximum Gasteiger partial charge on any atom is 0.416 e. The van der Waals surface area contributed by atoms with Gasteiger partial charge in [-0.3, -0.25) is 4.98 Å². The maximum atomic E-state index is 12.5. The van der Waals surface area contributed by atoms with Crippen LogP contribution >= 0.6 is 0 Å². The van der Waals surface area contributed by atoms with E-state index in [0.717, 1.165) is 17.7 Å². The lowest BCUT2D eigenvalue weighted by Gasteiger charge is -2.18. The van der Waals surface area contributed by atoms with Gasteiger partial charge in [0.1, 0.15) is 0 Å². The number of nitrogens with zero attached hydrogens (tertiary/aromatic N) is 2. The second-order valence-corrected chi connectivity index (χ2v) is 5.07. The molecule has 2 aromatic rings. The molecule has 7 heteroatoms. The number of nitrogens with one attached hydrogen (secondary N) is 1. The number of hydrogen-bond acceptors (Lipinski definition) is 2. The summed E-state index contributed by atoms with van der Waals surface area (Å²) in [7, 11) is 1.58. The summed E-state index contributed by atoms with van der Waals surface area (Å²) in [5.41, 5.74) is 0.783. The van der Waals surface area contributed by atoms with Gasteiger partial charge in [-0.05, 0) is 29.3 Å². The van der Waals surface area contributed by atoms with Crippen LogP contribution in [0.25, 0.3) is 0 Å². The zero-order valence-corrected chi connectivity index (χ0v) is 12.5. The van der Waals surface area contributed by atoms with Crippen LogP contribution in [-0.2, 0) is 19.3 Å². The minimum absolute atomic E-state index is 0.219. The summed E-state index contributed by atoms with van der Waals surface area (Å²) >= 11 is 0. The fourth-order valence-electron chi connectivity index (χ4n) is 1.96. The highest BCUT2D eigenvalue weighted by molar-refractivity contribution is 5.73. The van der Waals surface area contributed by atoms with Crippen LogP contribution in [-0.4, -0.2) is 23.0 Å². The molecular formula is C16H16F3N3O. The van der Waals surface area contributed by atoms with Gasteiger partial charge < -0.3 is 10.2 Å². The molecule has 0 aliphatic heterocycles. The summed E-state index contributed by atoms with van der Waals surface area (Å²) in [6.45, 7) is 0.557. The summed E-state index contributed by atoms with van der Waals surface area (Å²) in [5, 5.41) is 2.72. The molecule has 0 aliphatic carbocycles. The van der Waals surface area contributed by atoms with Crippen LogP contribution in [0.3, 0.4) is 0 Å². The lowest BCUT2D eigenvalue weighted by molar-refractivity contribution is -0.137. The van der Waals surface area contributed by atoms with Crippen LogP contribution < -0.4 is 5.32 Å². The molecule has 0 radical (unpaired) electrons. The number of carbonyl (C=O) groups is 1. The fourth-order valence-corrected chi connectivity index (χ4v) is 1.96. The minimum atomic E-state index is -4.36. The van der Waals surface area contributed by atoms with Gasteiger partial charge in [0.25, 0.3) is 0 Å². The topological polar surface area (TPSA) is 45.2 Å². The SMILES string of the molecule is CN(Cc1ccc(C(F)(F)F)cc1)C(=O)NCc1cccnc1. The predicted octanol–water partition coefficient (Wildman–Crippen LogP) is 3.44. The van der Waals surface area contributed by atoms with Gasteiger partial charge in [-0.1, -0.05) is 18.2 Å². The molecule has 0 saturated heterocycles. The van der Waals surface area contributed by atoms with Crippen LogP contribution in [0.5, 0.6) is 0 Å². The molecule has 0 spiro atoms. The molecule has 1 aromatic heterocycles. The zero-order chi connectivity index (χ0) is 16.9. The van der Waals surface area contributed by atoms with Gasteiger partial charge in [0.15, 0.2) is 0 Å². The number of alkyl halides is 3. The predicted molar refractivity (Wildman–Crippen MR) is 79.4 cm³/mol. The minimum Gasteiger partial charge on any atom is -0.334 e. The summed E-state index contributed by atoms with van der Waals surface area (Å²) < 4.78 is 37.5. The van der Waals surface area contributed by atoms with Crippen molar-refractivity contribution in [3.05, 3.63) is 65.5 Å². The largest absolute Gasteiger partial charge is 0.416 e. The molecular weight excluding hydrogens is 307 g/mol. The molecule has 0 saturated carbocycles. The van der Waals surface area contributed by atoms with E-state index in [1.54, 1.807) is 25.5 Å². The summed E-state index contributed by atoms with van der Waals surface area (Å²) in [5.74, 6) is 0. The number of hydrogen-bond donors (Lipinski definition) is 1. The lowest BCUT2D eigenvalue weighted by atomic mass is 10.1. The number of carbonyl (C=O) groups excluding carboxylic acids is 1. The standard InChI is InChI=1S/C16H16F3N3O/c1-22(15(23)21-10-13-3-2-8-20-9-13)11-12-4-6-14(7-5-12)16(17,18)19/h2-9H,10-11H2,1H3,(H,21,23). The Balaban J connectivity index is 1.88.